The number of anilines is 8. The van der Waals surface area contributed by atoms with Gasteiger partial charge in [-0.25, -0.2) is 0 Å². The van der Waals surface area contributed by atoms with E-state index >= 15 is 0 Å². The number of rotatable bonds is 6. The minimum Gasteiger partial charge on any atom is -0.334 e. The SMILES string of the molecule is Cc1ccccc1-c1ccc2c(c1)C1(C)CCCCC1(C)N2c1cc2c3c(c1)N(c1ccc(C(C)(C)C)cc1-c1ccccc1)c1ccccc1B3c1ccccc1N2c1ccc(C(C)(C)C)cc1-c1ccccc1. The molecule has 1 aliphatic carbocycles. The van der Waals surface area contributed by atoms with Gasteiger partial charge in [0.25, 0.3) is 6.71 Å². The summed E-state index contributed by atoms with van der Waals surface area (Å²) in [6.45, 7) is 21.4. The molecule has 370 valence electrons. The van der Waals surface area contributed by atoms with Crippen LogP contribution >= 0.6 is 0 Å². The van der Waals surface area contributed by atoms with E-state index in [1.165, 1.54) is 130 Å². The summed E-state index contributed by atoms with van der Waals surface area (Å²) in [7, 11) is 0. The van der Waals surface area contributed by atoms with Gasteiger partial charge in [-0.2, -0.15) is 0 Å². The molecule has 2 atom stereocenters. The smallest absolute Gasteiger partial charge is 0.252 e. The highest BCUT2D eigenvalue weighted by Crippen LogP contribution is 2.62. The van der Waals surface area contributed by atoms with Gasteiger partial charge in [-0.15, -0.1) is 0 Å². The van der Waals surface area contributed by atoms with Crippen molar-refractivity contribution < 1.29 is 0 Å². The average Bonchev–Trinajstić information content (AvgIpc) is 3.66. The van der Waals surface area contributed by atoms with E-state index < -0.39 is 0 Å². The van der Waals surface area contributed by atoms with Crippen LogP contribution in [-0.4, -0.2) is 12.3 Å². The van der Waals surface area contributed by atoms with Gasteiger partial charge >= 0.3 is 0 Å². The van der Waals surface area contributed by atoms with Crippen molar-refractivity contribution in [3.8, 4) is 33.4 Å². The molecule has 0 aromatic heterocycles. The highest BCUT2D eigenvalue weighted by molar-refractivity contribution is 7.00. The average molecular weight is 974 g/mol. The lowest BCUT2D eigenvalue weighted by molar-refractivity contribution is 0.195. The fraction of sp³-hybridized carbons (Fsp3) is 0.239. The van der Waals surface area contributed by atoms with Crippen molar-refractivity contribution in [1.82, 2.24) is 0 Å². The summed E-state index contributed by atoms with van der Waals surface area (Å²) in [6.07, 6.45) is 4.66. The maximum Gasteiger partial charge on any atom is 0.252 e. The van der Waals surface area contributed by atoms with Crippen LogP contribution in [0.15, 0.2) is 200 Å². The number of hydrogen-bond acceptors (Lipinski definition) is 3. The van der Waals surface area contributed by atoms with Crippen LogP contribution in [0, 0.1) is 6.92 Å². The second kappa shape index (κ2) is 17.2. The van der Waals surface area contributed by atoms with E-state index in [1.807, 2.05) is 0 Å². The minimum atomic E-state index is -0.194. The first-order chi connectivity index (χ1) is 36.1. The highest BCUT2D eigenvalue weighted by Gasteiger charge is 2.58. The maximum absolute atomic E-state index is 2.81. The number of benzene rings is 9. The van der Waals surface area contributed by atoms with Crippen LogP contribution < -0.4 is 31.1 Å². The third kappa shape index (κ3) is 7.30. The molecule has 1 fully saturated rings. The Morgan fingerprint density at radius 2 is 0.893 bits per heavy atom. The van der Waals surface area contributed by atoms with Crippen LogP contribution in [0.4, 0.5) is 45.5 Å². The van der Waals surface area contributed by atoms with Gasteiger partial charge in [0.1, 0.15) is 0 Å². The first kappa shape index (κ1) is 47.2. The van der Waals surface area contributed by atoms with Gasteiger partial charge in [-0.05, 0) is 159 Å². The van der Waals surface area contributed by atoms with E-state index in [-0.39, 0.29) is 28.5 Å². The number of para-hydroxylation sites is 2. The molecule has 9 aromatic carbocycles. The van der Waals surface area contributed by atoms with Gasteiger partial charge in [-0.3, -0.25) is 0 Å². The second-order valence-electron chi connectivity index (χ2n) is 24.5. The Morgan fingerprint density at radius 3 is 1.43 bits per heavy atom. The molecule has 1 saturated carbocycles. The quantitative estimate of drug-likeness (QED) is 0.154. The summed E-state index contributed by atoms with van der Waals surface area (Å²) in [6, 6.07) is 76.8. The third-order valence-corrected chi connectivity index (χ3v) is 18.1. The molecule has 0 saturated heterocycles. The molecule has 4 aliphatic rings. The molecule has 3 nitrogen and oxygen atoms in total. The van der Waals surface area contributed by atoms with Crippen molar-refractivity contribution in [2.45, 2.75) is 110 Å². The first-order valence-electron chi connectivity index (χ1n) is 27.5. The van der Waals surface area contributed by atoms with E-state index in [0.29, 0.717) is 0 Å². The summed E-state index contributed by atoms with van der Waals surface area (Å²) in [5.41, 5.74) is 26.3. The molecule has 0 radical (unpaired) electrons. The standard InChI is InChI=1S/C71H68BN3/c1-47-24-16-17-29-54(47)50-34-37-62-57(42-50)70(8)40-22-23-41-71(70,9)75(62)53-45-65-67-66(46-53)74(61-39-36-52(69(5,6)7)44-56(61)49-27-14-11-15-28-49)64-33-21-19-31-59(64)72(67)58-30-18-20-32-63(58)73(65)60-38-35-51(68(2,3)4)43-55(60)48-25-12-10-13-26-48/h10-21,24-39,42-46H,22-23,40-41H2,1-9H3. The number of nitrogens with zero attached hydrogens (tertiary/aromatic N) is 3. The highest BCUT2D eigenvalue weighted by atomic mass is 15.3. The Hall–Kier alpha value is -7.56. The largest absolute Gasteiger partial charge is 0.334 e. The predicted octanol–water partition coefficient (Wildman–Crippen LogP) is 17.4. The molecule has 0 bridgehead atoms. The fourth-order valence-electron chi connectivity index (χ4n) is 13.8. The molecule has 0 N–H and O–H groups in total. The zero-order valence-corrected chi connectivity index (χ0v) is 45.3. The monoisotopic (exact) mass is 974 g/mol. The van der Waals surface area contributed by atoms with Gasteiger partial charge in [0.05, 0.1) is 16.9 Å². The van der Waals surface area contributed by atoms with E-state index in [2.05, 4.69) is 277 Å². The summed E-state index contributed by atoms with van der Waals surface area (Å²) in [5.74, 6) is 0. The van der Waals surface area contributed by atoms with Crippen LogP contribution in [0.5, 0.6) is 0 Å². The van der Waals surface area contributed by atoms with E-state index in [4.69, 9.17) is 0 Å². The lowest BCUT2D eigenvalue weighted by Gasteiger charge is -2.51. The first-order valence-corrected chi connectivity index (χ1v) is 27.5. The van der Waals surface area contributed by atoms with Crippen molar-refractivity contribution >= 4 is 68.6 Å². The molecule has 3 heterocycles. The topological polar surface area (TPSA) is 9.72 Å². The lowest BCUT2D eigenvalue weighted by atomic mass is 9.33. The van der Waals surface area contributed by atoms with Crippen molar-refractivity contribution in [2.24, 2.45) is 0 Å². The molecule has 3 aliphatic heterocycles. The Labute approximate surface area is 446 Å². The molecular formula is C71H68BN3. The fourth-order valence-corrected chi connectivity index (χ4v) is 13.8. The van der Waals surface area contributed by atoms with E-state index in [1.54, 1.807) is 0 Å². The van der Waals surface area contributed by atoms with Crippen molar-refractivity contribution in [1.29, 1.82) is 0 Å². The third-order valence-electron chi connectivity index (χ3n) is 18.1. The molecule has 4 heteroatoms. The Morgan fingerprint density at radius 1 is 0.413 bits per heavy atom. The molecular weight excluding hydrogens is 906 g/mol. The zero-order chi connectivity index (χ0) is 51.6. The van der Waals surface area contributed by atoms with E-state index in [9.17, 15) is 0 Å². The number of aryl methyl sites for hydroxylation is 1. The maximum atomic E-state index is 2.81. The molecule has 0 amide bonds. The van der Waals surface area contributed by atoms with Gasteiger partial charge in [0.2, 0.25) is 0 Å². The van der Waals surface area contributed by atoms with Gasteiger partial charge in [0.15, 0.2) is 0 Å². The molecule has 9 aromatic rings. The van der Waals surface area contributed by atoms with Crippen molar-refractivity contribution in [3.05, 3.63) is 222 Å². The number of fused-ring (bicyclic) bond motifs is 7. The summed E-state index contributed by atoms with van der Waals surface area (Å²) in [5, 5.41) is 0. The van der Waals surface area contributed by atoms with Crippen LogP contribution in [0.25, 0.3) is 33.4 Å². The summed E-state index contributed by atoms with van der Waals surface area (Å²) >= 11 is 0. The Bertz CT molecular complexity index is 3540. The zero-order valence-electron chi connectivity index (χ0n) is 45.3. The van der Waals surface area contributed by atoms with Gasteiger partial charge < -0.3 is 14.7 Å². The molecule has 75 heavy (non-hydrogen) atoms. The molecule has 0 spiro atoms. The van der Waals surface area contributed by atoms with Gasteiger partial charge in [0, 0.05) is 50.7 Å². The van der Waals surface area contributed by atoms with Crippen molar-refractivity contribution in [2.75, 3.05) is 14.7 Å². The van der Waals surface area contributed by atoms with Crippen LogP contribution in [0.3, 0.4) is 0 Å². The van der Waals surface area contributed by atoms with Crippen LogP contribution in [0.2, 0.25) is 0 Å². The second-order valence-corrected chi connectivity index (χ2v) is 24.5. The van der Waals surface area contributed by atoms with Crippen molar-refractivity contribution in [3.63, 3.8) is 0 Å². The van der Waals surface area contributed by atoms with Crippen LogP contribution in [0.1, 0.15) is 103 Å². The Balaban J connectivity index is 1.15. The normalized spacial score (nSPS) is 18.5. The lowest BCUT2D eigenvalue weighted by Crippen LogP contribution is -2.61. The Kier molecular flexibility index (Phi) is 10.9. The van der Waals surface area contributed by atoms with E-state index in [0.717, 1.165) is 12.8 Å². The summed E-state index contributed by atoms with van der Waals surface area (Å²) in [4.78, 5) is 8.11. The minimum absolute atomic E-state index is 0.00920. The summed E-state index contributed by atoms with van der Waals surface area (Å²) < 4.78 is 0. The van der Waals surface area contributed by atoms with Gasteiger partial charge in [-0.1, -0.05) is 201 Å². The predicted molar refractivity (Wildman–Crippen MR) is 322 cm³/mol. The van der Waals surface area contributed by atoms with Crippen LogP contribution in [-0.2, 0) is 16.2 Å². The molecule has 13 rings (SSSR count). The molecule has 2 unspecified atom stereocenters. The number of hydrogen-bond donors (Lipinski definition) is 0.